The second kappa shape index (κ2) is 9.75. The largest absolute Gasteiger partial charge is 0.377 e. The highest BCUT2D eigenvalue weighted by atomic mass is 16.5. The summed E-state index contributed by atoms with van der Waals surface area (Å²) in [5.74, 6) is 1.79. The van der Waals surface area contributed by atoms with Crippen LogP contribution < -0.4 is 26.6 Å². The predicted octanol–water partition coefficient (Wildman–Crippen LogP) is 1.89. The molecule has 0 spiro atoms. The summed E-state index contributed by atoms with van der Waals surface area (Å²) in [4.78, 5) is 0. The summed E-state index contributed by atoms with van der Waals surface area (Å²) in [6.45, 7) is 8.99. The highest BCUT2D eigenvalue weighted by Gasteiger charge is 2.46. The van der Waals surface area contributed by atoms with Gasteiger partial charge in [0.2, 0.25) is 0 Å². The smallest absolute Gasteiger partial charge is 0.113 e. The minimum Gasteiger partial charge on any atom is -0.377 e. The summed E-state index contributed by atoms with van der Waals surface area (Å²) in [5.41, 5.74) is 1.64. The first kappa shape index (κ1) is 21.7. The van der Waals surface area contributed by atoms with Gasteiger partial charge in [-0.25, -0.2) is 0 Å². The first-order chi connectivity index (χ1) is 14.0. The average molecular weight is 406 g/mol. The molecule has 0 amide bonds. The lowest BCUT2D eigenvalue weighted by Crippen LogP contribution is -2.69. The molecule has 8 unspecified atom stereocenters. The van der Waals surface area contributed by atoms with Gasteiger partial charge in [-0.15, -0.1) is 0 Å². The molecule has 6 nitrogen and oxygen atoms in total. The third-order valence-electron chi connectivity index (χ3n) is 7.87. The molecule has 2 saturated heterocycles. The van der Waals surface area contributed by atoms with Crippen LogP contribution in [0.1, 0.15) is 59.3 Å². The van der Waals surface area contributed by atoms with Crippen LogP contribution >= 0.6 is 0 Å². The van der Waals surface area contributed by atoms with Gasteiger partial charge in [0, 0.05) is 37.2 Å². The summed E-state index contributed by atoms with van der Waals surface area (Å²) in [6.07, 6.45) is 10.7. The second-order valence-corrected chi connectivity index (χ2v) is 10.0. The maximum Gasteiger partial charge on any atom is 0.113 e. The lowest BCUT2D eigenvalue weighted by Gasteiger charge is -2.50. The van der Waals surface area contributed by atoms with Gasteiger partial charge >= 0.3 is 0 Å². The van der Waals surface area contributed by atoms with Crippen molar-refractivity contribution in [2.45, 2.75) is 96.0 Å². The molecule has 0 bridgehead atoms. The van der Waals surface area contributed by atoms with Crippen molar-refractivity contribution >= 4 is 0 Å². The zero-order valence-corrected chi connectivity index (χ0v) is 18.8. The minimum atomic E-state index is 0.162. The molecule has 3 heterocycles. The fourth-order valence-corrected chi connectivity index (χ4v) is 6.19. The summed E-state index contributed by atoms with van der Waals surface area (Å²) >= 11 is 0. The summed E-state index contributed by atoms with van der Waals surface area (Å²) in [7, 11) is 2.05. The van der Waals surface area contributed by atoms with Crippen LogP contribution in [0.5, 0.6) is 0 Å². The Morgan fingerprint density at radius 1 is 1.07 bits per heavy atom. The molecular weight excluding hydrogens is 362 g/mol. The molecule has 1 aliphatic carbocycles. The molecule has 4 aliphatic rings. The molecule has 0 aromatic carbocycles. The zero-order chi connectivity index (χ0) is 20.4. The molecule has 166 valence electrons. The maximum absolute atomic E-state index is 6.45. The van der Waals surface area contributed by atoms with Crippen molar-refractivity contribution in [1.29, 1.82) is 0 Å². The second-order valence-electron chi connectivity index (χ2n) is 10.0. The van der Waals surface area contributed by atoms with Gasteiger partial charge in [0.1, 0.15) is 6.29 Å². The Morgan fingerprint density at radius 3 is 2.76 bits per heavy atom. The van der Waals surface area contributed by atoms with Gasteiger partial charge < -0.3 is 15.4 Å². The van der Waals surface area contributed by atoms with E-state index < -0.39 is 0 Å². The van der Waals surface area contributed by atoms with Crippen LogP contribution in [0.4, 0.5) is 0 Å². The van der Waals surface area contributed by atoms with E-state index in [1.807, 2.05) is 7.05 Å². The molecular formula is C23H43N5O. The van der Waals surface area contributed by atoms with Crippen LogP contribution in [0.2, 0.25) is 0 Å². The van der Waals surface area contributed by atoms with Gasteiger partial charge in [0.25, 0.3) is 0 Å². The van der Waals surface area contributed by atoms with Crippen LogP contribution in [0.15, 0.2) is 11.6 Å². The highest BCUT2D eigenvalue weighted by Crippen LogP contribution is 2.45. The molecule has 3 fully saturated rings. The Labute approximate surface area is 177 Å². The molecule has 9 atom stereocenters. The number of hydrogen-bond acceptors (Lipinski definition) is 6. The van der Waals surface area contributed by atoms with Gasteiger partial charge in [-0.1, -0.05) is 18.6 Å². The lowest BCUT2D eigenvalue weighted by atomic mass is 9.64. The van der Waals surface area contributed by atoms with E-state index in [9.17, 15) is 0 Å². The van der Waals surface area contributed by atoms with E-state index >= 15 is 0 Å². The van der Waals surface area contributed by atoms with Gasteiger partial charge in [-0.05, 0) is 71.3 Å². The lowest BCUT2D eigenvalue weighted by molar-refractivity contribution is -0.0971. The summed E-state index contributed by atoms with van der Waals surface area (Å²) < 4.78 is 6.45. The van der Waals surface area contributed by atoms with Crippen molar-refractivity contribution in [3.8, 4) is 0 Å². The monoisotopic (exact) mass is 405 g/mol. The molecule has 0 aromatic heterocycles. The molecule has 29 heavy (non-hydrogen) atoms. The van der Waals surface area contributed by atoms with E-state index in [1.165, 1.54) is 32.1 Å². The fraction of sp³-hybridized carbons (Fsp3) is 0.913. The first-order valence-corrected chi connectivity index (χ1v) is 12.0. The van der Waals surface area contributed by atoms with Crippen LogP contribution in [0.25, 0.3) is 0 Å². The summed E-state index contributed by atoms with van der Waals surface area (Å²) in [5, 5.41) is 18.4. The van der Waals surface area contributed by atoms with Gasteiger partial charge in [0.15, 0.2) is 0 Å². The molecule has 5 N–H and O–H groups in total. The normalized spacial score (nSPS) is 46.5. The van der Waals surface area contributed by atoms with Crippen LogP contribution in [-0.4, -0.2) is 56.9 Å². The topological polar surface area (TPSA) is 69.4 Å². The SMILES string of the molecule is CNC1CC(C)NC(NC2CC3CCCOC3C(C3=CCN[C@H](C)CC3)C2C)N1. The van der Waals surface area contributed by atoms with Crippen molar-refractivity contribution < 1.29 is 4.74 Å². The molecule has 1 saturated carbocycles. The van der Waals surface area contributed by atoms with E-state index in [2.05, 4.69) is 53.4 Å². The van der Waals surface area contributed by atoms with E-state index in [0.717, 1.165) is 19.6 Å². The van der Waals surface area contributed by atoms with Crippen molar-refractivity contribution in [3.63, 3.8) is 0 Å². The number of rotatable bonds is 4. The number of fused-ring (bicyclic) bond motifs is 1. The Kier molecular flexibility index (Phi) is 7.30. The molecule has 0 aromatic rings. The van der Waals surface area contributed by atoms with Crippen molar-refractivity contribution in [1.82, 2.24) is 26.6 Å². The van der Waals surface area contributed by atoms with E-state index in [1.54, 1.807) is 5.57 Å². The van der Waals surface area contributed by atoms with Crippen molar-refractivity contribution in [2.24, 2.45) is 17.8 Å². The van der Waals surface area contributed by atoms with E-state index in [4.69, 9.17) is 4.74 Å². The van der Waals surface area contributed by atoms with Crippen LogP contribution in [0, 0.1) is 17.8 Å². The fourth-order valence-electron chi connectivity index (χ4n) is 6.19. The highest BCUT2D eigenvalue weighted by molar-refractivity contribution is 5.17. The van der Waals surface area contributed by atoms with Crippen LogP contribution in [-0.2, 0) is 4.74 Å². The van der Waals surface area contributed by atoms with Gasteiger partial charge in [0.05, 0.1) is 12.3 Å². The third kappa shape index (κ3) is 5.05. The number of hydrogen-bond donors (Lipinski definition) is 5. The zero-order valence-electron chi connectivity index (χ0n) is 18.8. The van der Waals surface area contributed by atoms with Gasteiger partial charge in [-0.2, -0.15) is 0 Å². The van der Waals surface area contributed by atoms with E-state index in [0.29, 0.717) is 48.1 Å². The molecule has 4 rings (SSSR count). The standard InChI is InChI=1S/C23H43N5O/c1-14-7-8-17(9-10-25-14)21-16(3)19(13-18-6-5-11-29-22(18)21)27-23-26-15(2)12-20(24-4)28-23/h9,14-16,18-28H,5-8,10-13H2,1-4H3/t14-,15?,16?,18?,19?,20?,21?,22?,23?/m1/s1. The van der Waals surface area contributed by atoms with Crippen LogP contribution in [0.3, 0.4) is 0 Å². The molecule has 3 aliphatic heterocycles. The Morgan fingerprint density at radius 2 is 1.93 bits per heavy atom. The first-order valence-electron chi connectivity index (χ1n) is 12.0. The average Bonchev–Trinajstić information content (AvgIpc) is 2.92. The quantitative estimate of drug-likeness (QED) is 0.460. The Bertz CT molecular complexity index is 569. The van der Waals surface area contributed by atoms with Gasteiger partial charge in [-0.3, -0.25) is 16.0 Å². The van der Waals surface area contributed by atoms with Crippen molar-refractivity contribution in [2.75, 3.05) is 20.2 Å². The Hall–Kier alpha value is -0.500. The Balaban J connectivity index is 1.50. The number of ether oxygens (including phenoxy) is 1. The minimum absolute atomic E-state index is 0.162. The molecule has 6 heteroatoms. The predicted molar refractivity (Wildman–Crippen MR) is 118 cm³/mol. The van der Waals surface area contributed by atoms with Crippen molar-refractivity contribution in [3.05, 3.63) is 11.6 Å². The van der Waals surface area contributed by atoms with E-state index in [-0.39, 0.29) is 6.29 Å². The number of nitrogens with one attached hydrogen (secondary N) is 5. The summed E-state index contributed by atoms with van der Waals surface area (Å²) in [6, 6.07) is 1.62. The maximum atomic E-state index is 6.45. The molecule has 0 radical (unpaired) electrons. The third-order valence-corrected chi connectivity index (χ3v) is 7.87.